The van der Waals surface area contributed by atoms with Crippen molar-refractivity contribution in [2.45, 2.75) is 17.8 Å². The molecule has 1 aromatic rings. The number of carbonyl (C=O) groups excluding carboxylic acids is 2. The van der Waals surface area contributed by atoms with Gasteiger partial charge in [0.25, 0.3) is 11.8 Å². The number of aliphatic imine (C=N–C) groups is 1. The quantitative estimate of drug-likeness (QED) is 0.220. The number of fused-ring (bicyclic) bond motifs is 1. The van der Waals surface area contributed by atoms with Gasteiger partial charge in [-0.2, -0.15) is 0 Å². The number of aliphatic carboxylic acids is 1. The van der Waals surface area contributed by atoms with E-state index in [0.29, 0.717) is 17.1 Å². The van der Waals surface area contributed by atoms with Crippen LogP contribution in [0.2, 0.25) is 0 Å². The molecule has 0 bridgehead atoms. The minimum atomic E-state index is -1.17. The Morgan fingerprint density at radius 3 is 2.97 bits per heavy atom. The zero-order valence-corrected chi connectivity index (χ0v) is 19.9. The number of thioether (sulfide) groups is 2. The van der Waals surface area contributed by atoms with Gasteiger partial charge < -0.3 is 26.3 Å². The summed E-state index contributed by atoms with van der Waals surface area (Å²) in [6.45, 7) is 1.58. The highest BCUT2D eigenvalue weighted by Crippen LogP contribution is 2.41. The van der Waals surface area contributed by atoms with Crippen molar-refractivity contribution in [1.29, 1.82) is 0 Å². The van der Waals surface area contributed by atoms with Crippen molar-refractivity contribution in [2.24, 2.45) is 10.1 Å². The molecule has 4 heterocycles. The number of carbonyl (C=O) groups is 3. The fourth-order valence-electron chi connectivity index (χ4n) is 3.46. The van der Waals surface area contributed by atoms with Crippen molar-refractivity contribution in [1.82, 2.24) is 20.5 Å². The lowest BCUT2D eigenvalue weighted by Crippen LogP contribution is -2.71. The number of nitrogen functional groups attached to an aromatic ring is 1. The van der Waals surface area contributed by atoms with E-state index in [0.717, 1.165) is 36.0 Å². The molecule has 33 heavy (non-hydrogen) atoms. The Morgan fingerprint density at radius 1 is 1.52 bits per heavy atom. The normalized spacial score (nSPS) is 22.7. The fraction of sp³-hybridized carbons (Fsp3) is 0.444. The molecule has 0 aliphatic carbocycles. The Bertz CT molecular complexity index is 1070. The highest BCUT2D eigenvalue weighted by molar-refractivity contribution is 8.14. The van der Waals surface area contributed by atoms with Gasteiger partial charge in [-0.05, 0) is 12.0 Å². The van der Waals surface area contributed by atoms with Crippen LogP contribution in [0.1, 0.15) is 12.1 Å². The zero-order valence-electron chi connectivity index (χ0n) is 17.4. The van der Waals surface area contributed by atoms with Gasteiger partial charge in [0.15, 0.2) is 16.0 Å². The maximum absolute atomic E-state index is 12.9. The van der Waals surface area contributed by atoms with Crippen molar-refractivity contribution in [3.8, 4) is 0 Å². The summed E-state index contributed by atoms with van der Waals surface area (Å²) in [4.78, 5) is 52.1. The summed E-state index contributed by atoms with van der Waals surface area (Å²) in [5.41, 5.74) is 6.34. The minimum absolute atomic E-state index is 0.0313. The second kappa shape index (κ2) is 10.0. The van der Waals surface area contributed by atoms with Gasteiger partial charge in [0.2, 0.25) is 0 Å². The first-order valence-electron chi connectivity index (χ1n) is 9.85. The van der Waals surface area contributed by atoms with Gasteiger partial charge in [0.1, 0.15) is 29.9 Å². The number of nitrogens with one attached hydrogen (secondary N) is 2. The van der Waals surface area contributed by atoms with E-state index in [9.17, 15) is 19.5 Å². The van der Waals surface area contributed by atoms with Crippen molar-refractivity contribution >= 4 is 68.7 Å². The minimum Gasteiger partial charge on any atom is -0.477 e. The van der Waals surface area contributed by atoms with E-state index in [4.69, 9.17) is 10.6 Å². The second-order valence-corrected chi connectivity index (χ2v) is 10.0. The number of amides is 2. The van der Waals surface area contributed by atoms with E-state index in [1.54, 1.807) is 5.38 Å². The number of nitrogens with two attached hydrogens (primary N) is 1. The lowest BCUT2D eigenvalue weighted by atomic mass is 10.0. The molecule has 0 spiro atoms. The molecular formula is C18H21N7O5S3. The third kappa shape index (κ3) is 4.79. The standard InChI is InChI=1S/C18H21N7O5S3/c1-30-24-10(9-7-32-17(19)22-9)13(26)23-11-14(27)25-12(16(28)29)8(5-31-15(11)25)6-33-18-20-3-2-4-21-18/h7,11,15H,2-6H2,1H3,(H2,19,22)(H,20,21)(H,23,26)(H,28,29)/t11-,15+/m1/s1. The maximum atomic E-state index is 12.9. The SMILES string of the molecule is CON=C(C(=O)N[C@@H]1C(=O)N2C(C(=O)O)=C(CSC3=NCCCN3)CS[C@@H]12)c1csc(N)n1. The van der Waals surface area contributed by atoms with Crippen LogP contribution in [-0.2, 0) is 19.2 Å². The van der Waals surface area contributed by atoms with Crippen LogP contribution in [0.25, 0.3) is 0 Å². The number of carboxylic acid groups (broad SMARTS) is 1. The number of nitrogens with zero attached hydrogens (tertiary/aromatic N) is 4. The lowest BCUT2D eigenvalue weighted by Gasteiger charge is -2.49. The first-order chi connectivity index (χ1) is 15.9. The molecule has 3 aliphatic heterocycles. The molecule has 5 N–H and O–H groups in total. The number of anilines is 1. The molecule has 1 aromatic heterocycles. The maximum Gasteiger partial charge on any atom is 0.352 e. The highest BCUT2D eigenvalue weighted by atomic mass is 32.2. The first-order valence-corrected chi connectivity index (χ1v) is 12.8. The van der Waals surface area contributed by atoms with E-state index in [1.165, 1.54) is 35.5 Å². The monoisotopic (exact) mass is 511 g/mol. The smallest absolute Gasteiger partial charge is 0.352 e. The van der Waals surface area contributed by atoms with Gasteiger partial charge in [-0.15, -0.1) is 23.1 Å². The number of thiazole rings is 1. The Kier molecular flexibility index (Phi) is 7.09. The Balaban J connectivity index is 1.47. The third-order valence-corrected chi connectivity index (χ3v) is 8.00. The lowest BCUT2D eigenvalue weighted by molar-refractivity contribution is -0.150. The predicted octanol–water partition coefficient (Wildman–Crippen LogP) is -0.103. The molecule has 1 fully saturated rings. The number of amidine groups is 1. The van der Waals surface area contributed by atoms with E-state index >= 15 is 0 Å². The molecular weight excluding hydrogens is 490 g/mol. The summed E-state index contributed by atoms with van der Waals surface area (Å²) >= 11 is 3.96. The van der Waals surface area contributed by atoms with E-state index in [-0.39, 0.29) is 22.2 Å². The number of oxime groups is 1. The van der Waals surface area contributed by atoms with Crippen LogP contribution in [0.4, 0.5) is 5.13 Å². The second-order valence-electron chi connectivity index (χ2n) is 7.07. The van der Waals surface area contributed by atoms with Crippen LogP contribution < -0.4 is 16.4 Å². The summed E-state index contributed by atoms with van der Waals surface area (Å²) < 4.78 is 0. The highest BCUT2D eigenvalue weighted by Gasteiger charge is 2.54. The fourth-order valence-corrected chi connectivity index (χ4v) is 6.42. The van der Waals surface area contributed by atoms with Gasteiger partial charge in [-0.3, -0.25) is 19.5 Å². The molecule has 0 unspecified atom stereocenters. The summed E-state index contributed by atoms with van der Waals surface area (Å²) in [5, 5.41) is 21.4. The molecule has 3 aliphatic rings. The summed E-state index contributed by atoms with van der Waals surface area (Å²) in [7, 11) is 1.29. The molecule has 0 radical (unpaired) electrons. The van der Waals surface area contributed by atoms with E-state index in [1.807, 2.05) is 0 Å². The largest absolute Gasteiger partial charge is 0.477 e. The molecule has 0 saturated carbocycles. The van der Waals surface area contributed by atoms with Crippen molar-refractivity contribution in [3.63, 3.8) is 0 Å². The van der Waals surface area contributed by atoms with Crippen LogP contribution in [0.5, 0.6) is 0 Å². The number of rotatable bonds is 7. The molecule has 0 aromatic carbocycles. The summed E-state index contributed by atoms with van der Waals surface area (Å²) in [6, 6.07) is -0.895. The number of carboxylic acids is 1. The summed E-state index contributed by atoms with van der Waals surface area (Å²) in [5.74, 6) is -1.51. The van der Waals surface area contributed by atoms with Crippen LogP contribution in [-0.4, -0.2) is 86.8 Å². The van der Waals surface area contributed by atoms with Crippen LogP contribution in [0.3, 0.4) is 0 Å². The van der Waals surface area contributed by atoms with Gasteiger partial charge in [0, 0.05) is 30.0 Å². The molecule has 12 nitrogen and oxygen atoms in total. The Labute approximate surface area is 201 Å². The van der Waals surface area contributed by atoms with Crippen molar-refractivity contribution in [3.05, 3.63) is 22.3 Å². The number of hydrogen-bond acceptors (Lipinski definition) is 12. The average molecular weight is 512 g/mol. The van der Waals surface area contributed by atoms with E-state index < -0.39 is 29.2 Å². The van der Waals surface area contributed by atoms with Gasteiger partial charge >= 0.3 is 5.97 Å². The number of β-lactam (4-membered cyclic amide) rings is 1. The summed E-state index contributed by atoms with van der Waals surface area (Å²) in [6.07, 6.45) is 0.965. The predicted molar refractivity (Wildman–Crippen MR) is 127 cm³/mol. The Morgan fingerprint density at radius 2 is 2.33 bits per heavy atom. The van der Waals surface area contributed by atoms with Crippen LogP contribution >= 0.6 is 34.9 Å². The Hall–Kier alpha value is -2.78. The molecule has 176 valence electrons. The third-order valence-electron chi connectivity index (χ3n) is 4.95. The first kappa shape index (κ1) is 23.4. The van der Waals surface area contributed by atoms with Crippen molar-refractivity contribution in [2.75, 3.05) is 37.4 Å². The molecule has 2 atom stereocenters. The molecule has 2 amide bonds. The van der Waals surface area contributed by atoms with Crippen LogP contribution in [0, 0.1) is 0 Å². The van der Waals surface area contributed by atoms with E-state index in [2.05, 4.69) is 25.8 Å². The van der Waals surface area contributed by atoms with Crippen LogP contribution in [0.15, 0.2) is 26.8 Å². The number of hydrogen-bond donors (Lipinski definition) is 4. The van der Waals surface area contributed by atoms with Gasteiger partial charge in [0.05, 0.1) is 0 Å². The van der Waals surface area contributed by atoms with Gasteiger partial charge in [-0.1, -0.05) is 16.9 Å². The van der Waals surface area contributed by atoms with Crippen molar-refractivity contribution < 1.29 is 24.3 Å². The zero-order chi connectivity index (χ0) is 23.5. The average Bonchev–Trinajstić information content (AvgIpc) is 3.25. The molecule has 4 rings (SSSR count). The molecule has 15 heteroatoms. The molecule has 1 saturated heterocycles. The number of aromatic nitrogens is 1. The van der Waals surface area contributed by atoms with Gasteiger partial charge in [-0.25, -0.2) is 9.78 Å². The topological polar surface area (TPSA) is 172 Å².